The van der Waals surface area contributed by atoms with Gasteiger partial charge >= 0.3 is 0 Å². The zero-order valence-electron chi connectivity index (χ0n) is 12.6. The largest absolute Gasteiger partial charge is 0.328 e. The van der Waals surface area contributed by atoms with Crippen LogP contribution in [0.1, 0.15) is 55.6 Å². The summed E-state index contributed by atoms with van der Waals surface area (Å²) in [4.78, 5) is 22.8. The molecule has 0 bridgehead atoms. The fourth-order valence-corrected chi connectivity index (χ4v) is 4.18. The Kier molecular flexibility index (Phi) is 3.41. The highest BCUT2D eigenvalue weighted by molar-refractivity contribution is 7.13. The highest BCUT2D eigenvalue weighted by Crippen LogP contribution is 2.33. The van der Waals surface area contributed by atoms with E-state index in [4.69, 9.17) is 4.98 Å². The van der Waals surface area contributed by atoms with Crippen LogP contribution in [-0.2, 0) is 25.9 Å². The van der Waals surface area contributed by atoms with E-state index < -0.39 is 6.43 Å². The zero-order chi connectivity index (χ0) is 16.1. The molecule has 1 aliphatic heterocycles. The molecule has 0 N–H and O–H groups in total. The number of aryl methyl sites for hydroxylation is 1. The quantitative estimate of drug-likeness (QED) is 0.845. The predicted molar refractivity (Wildman–Crippen MR) is 81.6 cm³/mol. The summed E-state index contributed by atoms with van der Waals surface area (Å²) < 4.78 is 25.3. The third-order valence-corrected chi connectivity index (χ3v) is 5.60. The van der Waals surface area contributed by atoms with Crippen LogP contribution in [0, 0.1) is 6.92 Å². The van der Waals surface area contributed by atoms with Crippen LogP contribution in [0.2, 0.25) is 0 Å². The van der Waals surface area contributed by atoms with Crippen molar-refractivity contribution in [2.24, 2.45) is 0 Å². The molecule has 4 rings (SSSR count). The first-order valence-corrected chi connectivity index (χ1v) is 8.39. The Morgan fingerprint density at radius 1 is 1.26 bits per heavy atom. The average molecular weight is 335 g/mol. The summed E-state index contributed by atoms with van der Waals surface area (Å²) >= 11 is 0.768. The van der Waals surface area contributed by atoms with Gasteiger partial charge in [-0.2, -0.15) is 0 Å². The van der Waals surface area contributed by atoms with E-state index in [9.17, 15) is 13.6 Å². The first-order chi connectivity index (χ1) is 11.0. The molecule has 0 saturated carbocycles. The number of hydrogen-bond acceptors (Lipinski definition) is 4. The second-order valence-electron chi connectivity index (χ2n) is 5.97. The molecule has 0 spiro atoms. The first-order valence-electron chi connectivity index (χ1n) is 7.58. The van der Waals surface area contributed by atoms with Crippen molar-refractivity contribution in [3.8, 4) is 0 Å². The van der Waals surface area contributed by atoms with E-state index >= 15 is 0 Å². The fourth-order valence-electron chi connectivity index (χ4n) is 3.44. The number of rotatable bonds is 2. The molecule has 120 valence electrons. The average Bonchev–Trinajstić information content (AvgIpc) is 3.25. The van der Waals surface area contributed by atoms with Gasteiger partial charge in [0.05, 0.1) is 18.4 Å². The molecule has 3 heterocycles. The summed E-state index contributed by atoms with van der Waals surface area (Å²) in [6, 6.07) is 0. The van der Waals surface area contributed by atoms with Crippen LogP contribution in [0.5, 0.6) is 0 Å². The number of pyridine rings is 1. The van der Waals surface area contributed by atoms with Gasteiger partial charge in [0.15, 0.2) is 5.01 Å². The van der Waals surface area contributed by atoms with Crippen LogP contribution in [0.3, 0.4) is 0 Å². The van der Waals surface area contributed by atoms with Gasteiger partial charge in [-0.25, -0.2) is 13.8 Å². The monoisotopic (exact) mass is 335 g/mol. The first kappa shape index (κ1) is 14.7. The minimum atomic E-state index is -2.63. The van der Waals surface area contributed by atoms with E-state index in [0.717, 1.165) is 47.6 Å². The van der Waals surface area contributed by atoms with Crippen LogP contribution in [0.4, 0.5) is 8.78 Å². The predicted octanol–water partition coefficient (Wildman–Crippen LogP) is 3.43. The van der Waals surface area contributed by atoms with Gasteiger partial charge in [-0.05, 0) is 42.9 Å². The Bertz CT molecular complexity index is 803. The molecule has 0 unspecified atom stereocenters. The lowest BCUT2D eigenvalue weighted by atomic mass is 10.0. The van der Waals surface area contributed by atoms with Crippen molar-refractivity contribution in [3.05, 3.63) is 44.2 Å². The number of thiazole rings is 1. The highest BCUT2D eigenvalue weighted by Gasteiger charge is 2.31. The molecule has 7 heteroatoms. The molecule has 2 aromatic rings. The number of alkyl halides is 2. The van der Waals surface area contributed by atoms with Gasteiger partial charge in [0, 0.05) is 12.2 Å². The lowest BCUT2D eigenvalue weighted by Gasteiger charge is -2.13. The third kappa shape index (κ3) is 2.34. The van der Waals surface area contributed by atoms with Crippen molar-refractivity contribution in [2.75, 3.05) is 0 Å². The summed E-state index contributed by atoms with van der Waals surface area (Å²) in [6.07, 6.45) is 1.82. The SMILES string of the molecule is Cc1c2c(nc3c1CN(C(=O)c1cnc(C(F)F)s1)C3)CCC2. The van der Waals surface area contributed by atoms with Crippen LogP contribution < -0.4 is 0 Å². The van der Waals surface area contributed by atoms with Gasteiger partial charge in [-0.15, -0.1) is 11.3 Å². The smallest absolute Gasteiger partial charge is 0.289 e. The van der Waals surface area contributed by atoms with Gasteiger partial charge in [-0.1, -0.05) is 0 Å². The van der Waals surface area contributed by atoms with Crippen LogP contribution in [0.25, 0.3) is 0 Å². The van der Waals surface area contributed by atoms with Gasteiger partial charge in [-0.3, -0.25) is 9.78 Å². The molecular formula is C16H15F2N3OS. The topological polar surface area (TPSA) is 46.1 Å². The lowest BCUT2D eigenvalue weighted by molar-refractivity contribution is 0.0755. The van der Waals surface area contributed by atoms with Crippen molar-refractivity contribution in [1.82, 2.24) is 14.9 Å². The van der Waals surface area contributed by atoms with E-state index in [0.29, 0.717) is 13.1 Å². The van der Waals surface area contributed by atoms with Gasteiger partial charge < -0.3 is 4.90 Å². The summed E-state index contributed by atoms with van der Waals surface area (Å²) in [6.45, 7) is 3.05. The Morgan fingerprint density at radius 2 is 2.09 bits per heavy atom. The minimum absolute atomic E-state index is 0.244. The molecule has 0 atom stereocenters. The van der Waals surface area contributed by atoms with Crippen molar-refractivity contribution in [2.45, 2.75) is 45.7 Å². The fraction of sp³-hybridized carbons (Fsp3) is 0.438. The van der Waals surface area contributed by atoms with E-state index in [2.05, 4.69) is 11.9 Å². The van der Waals surface area contributed by atoms with E-state index in [1.54, 1.807) is 4.90 Å². The molecule has 2 aliphatic rings. The van der Waals surface area contributed by atoms with Crippen LogP contribution >= 0.6 is 11.3 Å². The number of aromatic nitrogens is 2. The summed E-state index contributed by atoms with van der Waals surface area (Å²) in [5.74, 6) is -0.244. The van der Waals surface area contributed by atoms with Gasteiger partial charge in [0.25, 0.3) is 12.3 Å². The maximum Gasteiger partial charge on any atom is 0.289 e. The third-order valence-electron chi connectivity index (χ3n) is 4.61. The summed E-state index contributed by atoms with van der Waals surface area (Å²) in [5, 5.41) is -0.307. The zero-order valence-corrected chi connectivity index (χ0v) is 13.4. The molecule has 1 amide bonds. The maximum atomic E-state index is 12.6. The standard InChI is InChI=1S/C16H15F2N3OS/c1-8-9-3-2-4-11(9)20-12-7-21(6-10(8)12)16(22)13-5-19-15(23-13)14(17)18/h5,14H,2-4,6-7H2,1H3. The lowest BCUT2D eigenvalue weighted by Crippen LogP contribution is -2.24. The molecule has 2 aromatic heterocycles. The van der Waals surface area contributed by atoms with E-state index in [-0.39, 0.29) is 15.8 Å². The maximum absolute atomic E-state index is 12.6. The minimum Gasteiger partial charge on any atom is -0.328 e. The van der Waals surface area contributed by atoms with Gasteiger partial charge in [0.2, 0.25) is 0 Å². The molecule has 4 nitrogen and oxygen atoms in total. The molecule has 23 heavy (non-hydrogen) atoms. The van der Waals surface area contributed by atoms with E-state index in [1.165, 1.54) is 17.3 Å². The van der Waals surface area contributed by atoms with Crippen molar-refractivity contribution in [1.29, 1.82) is 0 Å². The number of nitrogens with zero attached hydrogens (tertiary/aromatic N) is 3. The summed E-state index contributed by atoms with van der Waals surface area (Å²) in [5.41, 5.74) is 5.81. The Balaban J connectivity index is 1.60. The van der Waals surface area contributed by atoms with Crippen LogP contribution in [-0.4, -0.2) is 20.8 Å². The number of amides is 1. The molecule has 0 aromatic carbocycles. The molecule has 0 radical (unpaired) electrons. The molecule has 0 fully saturated rings. The second-order valence-corrected chi connectivity index (χ2v) is 7.03. The highest BCUT2D eigenvalue weighted by atomic mass is 32.1. The number of hydrogen-bond donors (Lipinski definition) is 0. The Morgan fingerprint density at radius 3 is 2.83 bits per heavy atom. The normalized spacial score (nSPS) is 16.1. The van der Waals surface area contributed by atoms with Gasteiger partial charge in [0.1, 0.15) is 4.88 Å². The van der Waals surface area contributed by atoms with Crippen molar-refractivity contribution in [3.63, 3.8) is 0 Å². The molecular weight excluding hydrogens is 320 g/mol. The summed E-state index contributed by atoms with van der Waals surface area (Å²) in [7, 11) is 0. The number of carbonyl (C=O) groups excluding carboxylic acids is 1. The molecule has 1 aliphatic carbocycles. The molecule has 0 saturated heterocycles. The Hall–Kier alpha value is -1.89. The Labute approximate surface area is 136 Å². The number of halogens is 2. The second kappa shape index (κ2) is 5.33. The van der Waals surface area contributed by atoms with E-state index in [1.807, 2.05) is 0 Å². The van der Waals surface area contributed by atoms with Crippen molar-refractivity contribution < 1.29 is 13.6 Å². The van der Waals surface area contributed by atoms with Crippen LogP contribution in [0.15, 0.2) is 6.20 Å². The number of fused-ring (bicyclic) bond motifs is 2. The van der Waals surface area contributed by atoms with Crippen molar-refractivity contribution >= 4 is 17.2 Å². The number of carbonyl (C=O) groups is 1.